The summed E-state index contributed by atoms with van der Waals surface area (Å²) in [7, 11) is 0. The van der Waals surface area contributed by atoms with Crippen LogP contribution in [0.2, 0.25) is 0 Å². The molecule has 5 rings (SSSR count). The van der Waals surface area contributed by atoms with Gasteiger partial charge in [-0.15, -0.1) is 0 Å². The Morgan fingerprint density at radius 3 is 2.25 bits per heavy atom. The second-order valence-electron chi connectivity index (χ2n) is 7.77. The molecule has 0 radical (unpaired) electrons. The lowest BCUT2D eigenvalue weighted by atomic mass is 10.1. The third kappa shape index (κ3) is 5.02. The molecule has 0 atom stereocenters. The standard InChI is InChI=1S/C28H19FN4O3/c29-21-10-6-9-20(17-21)26(34)31-22-14-12-18(13-15-22)25-24(27(35)32-23-11-4-5-16-30-23)33-28(36-25)19-7-2-1-3-8-19/h1-17H,(H,31,34)(H,30,32,35). The molecule has 0 fully saturated rings. The summed E-state index contributed by atoms with van der Waals surface area (Å²) < 4.78 is 19.5. The minimum atomic E-state index is -0.492. The van der Waals surface area contributed by atoms with Gasteiger partial charge in [-0.05, 0) is 66.7 Å². The molecule has 0 spiro atoms. The van der Waals surface area contributed by atoms with Gasteiger partial charge in [0.2, 0.25) is 5.89 Å². The molecular formula is C28H19FN4O3. The first-order valence-electron chi connectivity index (χ1n) is 11.0. The van der Waals surface area contributed by atoms with Crippen molar-refractivity contribution in [1.29, 1.82) is 0 Å². The zero-order chi connectivity index (χ0) is 24.9. The third-order valence-electron chi connectivity index (χ3n) is 5.26. The van der Waals surface area contributed by atoms with E-state index in [1.54, 1.807) is 48.7 Å². The largest absolute Gasteiger partial charge is 0.435 e. The highest BCUT2D eigenvalue weighted by Crippen LogP contribution is 2.31. The van der Waals surface area contributed by atoms with E-state index < -0.39 is 17.6 Å². The molecule has 2 amide bonds. The fourth-order valence-corrected chi connectivity index (χ4v) is 3.52. The lowest BCUT2D eigenvalue weighted by molar-refractivity contribution is 0.101. The van der Waals surface area contributed by atoms with E-state index in [4.69, 9.17) is 4.42 Å². The number of aromatic nitrogens is 2. The van der Waals surface area contributed by atoms with Gasteiger partial charge >= 0.3 is 0 Å². The Bertz CT molecular complexity index is 1520. The first kappa shape index (κ1) is 22.7. The van der Waals surface area contributed by atoms with E-state index in [1.165, 1.54) is 18.2 Å². The van der Waals surface area contributed by atoms with Crippen LogP contribution >= 0.6 is 0 Å². The van der Waals surface area contributed by atoms with E-state index in [0.29, 0.717) is 23.0 Å². The Balaban J connectivity index is 1.44. The summed E-state index contributed by atoms with van der Waals surface area (Å²) >= 11 is 0. The van der Waals surface area contributed by atoms with Gasteiger partial charge in [0.15, 0.2) is 11.5 Å². The van der Waals surface area contributed by atoms with Crippen molar-refractivity contribution >= 4 is 23.3 Å². The normalized spacial score (nSPS) is 10.6. The van der Waals surface area contributed by atoms with Gasteiger partial charge in [0, 0.05) is 28.6 Å². The third-order valence-corrected chi connectivity index (χ3v) is 5.26. The number of carbonyl (C=O) groups excluding carboxylic acids is 2. The molecule has 36 heavy (non-hydrogen) atoms. The molecule has 2 aromatic heterocycles. The maximum atomic E-state index is 13.4. The number of pyridine rings is 1. The SMILES string of the molecule is O=C(Nc1ccc(-c2oc(-c3ccccc3)nc2C(=O)Nc2ccccn2)cc1)c1cccc(F)c1. The fourth-order valence-electron chi connectivity index (χ4n) is 3.52. The molecule has 0 saturated carbocycles. The fraction of sp³-hybridized carbons (Fsp3) is 0. The number of nitrogens with zero attached hydrogens (tertiary/aromatic N) is 2. The minimum absolute atomic E-state index is 0.0936. The Hall–Kier alpha value is -5.11. The summed E-state index contributed by atoms with van der Waals surface area (Å²) in [6.45, 7) is 0. The zero-order valence-electron chi connectivity index (χ0n) is 18.8. The first-order chi connectivity index (χ1) is 17.6. The molecule has 8 heteroatoms. The number of hydrogen-bond acceptors (Lipinski definition) is 5. The van der Waals surface area contributed by atoms with Crippen LogP contribution in [0.4, 0.5) is 15.9 Å². The smallest absolute Gasteiger partial charge is 0.279 e. The number of carbonyl (C=O) groups is 2. The Labute approximate surface area is 205 Å². The van der Waals surface area contributed by atoms with E-state index in [2.05, 4.69) is 20.6 Å². The van der Waals surface area contributed by atoms with Crippen LogP contribution in [0.25, 0.3) is 22.8 Å². The summed E-state index contributed by atoms with van der Waals surface area (Å²) in [5.41, 5.74) is 2.09. The summed E-state index contributed by atoms with van der Waals surface area (Å²) in [5, 5.41) is 5.46. The van der Waals surface area contributed by atoms with Crippen LogP contribution < -0.4 is 10.6 Å². The number of anilines is 2. The van der Waals surface area contributed by atoms with Crippen molar-refractivity contribution in [2.75, 3.05) is 10.6 Å². The van der Waals surface area contributed by atoms with E-state index in [-0.39, 0.29) is 17.0 Å². The maximum Gasteiger partial charge on any atom is 0.279 e. The van der Waals surface area contributed by atoms with Gasteiger partial charge in [0.05, 0.1) is 0 Å². The Kier molecular flexibility index (Phi) is 6.31. The highest BCUT2D eigenvalue weighted by molar-refractivity contribution is 6.07. The average molecular weight is 478 g/mol. The van der Waals surface area contributed by atoms with Crippen LogP contribution in [-0.4, -0.2) is 21.8 Å². The number of benzene rings is 3. The molecule has 0 aliphatic carbocycles. The van der Waals surface area contributed by atoms with Crippen LogP contribution in [0.5, 0.6) is 0 Å². The number of nitrogens with one attached hydrogen (secondary N) is 2. The highest BCUT2D eigenvalue weighted by atomic mass is 19.1. The van der Waals surface area contributed by atoms with E-state index >= 15 is 0 Å². The molecule has 0 unspecified atom stereocenters. The average Bonchev–Trinajstić information content (AvgIpc) is 3.36. The molecule has 0 aliphatic rings. The molecule has 2 heterocycles. The van der Waals surface area contributed by atoms with Crippen LogP contribution in [0.1, 0.15) is 20.8 Å². The maximum absolute atomic E-state index is 13.4. The number of halogens is 1. The van der Waals surface area contributed by atoms with E-state index in [0.717, 1.165) is 11.6 Å². The number of hydrogen-bond donors (Lipinski definition) is 2. The highest BCUT2D eigenvalue weighted by Gasteiger charge is 2.23. The van der Waals surface area contributed by atoms with Gasteiger partial charge in [0.25, 0.3) is 11.8 Å². The molecule has 0 aliphatic heterocycles. The minimum Gasteiger partial charge on any atom is -0.435 e. The topological polar surface area (TPSA) is 97.1 Å². The van der Waals surface area contributed by atoms with Gasteiger partial charge in [-0.25, -0.2) is 14.4 Å². The van der Waals surface area contributed by atoms with E-state index in [9.17, 15) is 14.0 Å². The lowest BCUT2D eigenvalue weighted by Gasteiger charge is -2.07. The first-order valence-corrected chi connectivity index (χ1v) is 11.0. The summed E-state index contributed by atoms with van der Waals surface area (Å²) in [6, 6.07) is 26.6. The monoisotopic (exact) mass is 478 g/mol. The van der Waals surface area contributed by atoms with Gasteiger partial charge in [-0.2, -0.15) is 0 Å². The molecule has 7 nitrogen and oxygen atoms in total. The second kappa shape index (κ2) is 10.0. The molecule has 3 aromatic carbocycles. The predicted molar refractivity (Wildman–Crippen MR) is 134 cm³/mol. The molecule has 176 valence electrons. The lowest BCUT2D eigenvalue weighted by Crippen LogP contribution is -2.14. The van der Waals surface area contributed by atoms with Crippen LogP contribution in [0.3, 0.4) is 0 Å². The van der Waals surface area contributed by atoms with Gasteiger partial charge < -0.3 is 15.1 Å². The molecule has 0 saturated heterocycles. The Morgan fingerprint density at radius 1 is 0.750 bits per heavy atom. The van der Waals surface area contributed by atoms with Crippen LogP contribution in [-0.2, 0) is 0 Å². The van der Waals surface area contributed by atoms with Gasteiger partial charge in [-0.3, -0.25) is 9.59 Å². The molecular weight excluding hydrogens is 459 g/mol. The van der Waals surface area contributed by atoms with Crippen molar-refractivity contribution < 1.29 is 18.4 Å². The van der Waals surface area contributed by atoms with Crippen molar-refractivity contribution in [3.05, 3.63) is 120 Å². The van der Waals surface area contributed by atoms with Crippen molar-refractivity contribution in [3.8, 4) is 22.8 Å². The predicted octanol–water partition coefficient (Wildman–Crippen LogP) is 6.05. The van der Waals surface area contributed by atoms with Crippen LogP contribution in [0.15, 0.2) is 108 Å². The summed E-state index contributed by atoms with van der Waals surface area (Å²) in [4.78, 5) is 34.1. The Morgan fingerprint density at radius 2 is 1.53 bits per heavy atom. The van der Waals surface area contributed by atoms with Crippen molar-refractivity contribution in [3.63, 3.8) is 0 Å². The van der Waals surface area contributed by atoms with E-state index in [1.807, 2.05) is 30.3 Å². The quantitative estimate of drug-likeness (QED) is 0.310. The van der Waals surface area contributed by atoms with Gasteiger partial charge in [0.1, 0.15) is 11.6 Å². The number of oxazole rings is 1. The van der Waals surface area contributed by atoms with Gasteiger partial charge in [-0.1, -0.05) is 30.3 Å². The second-order valence-corrected chi connectivity index (χ2v) is 7.77. The summed E-state index contributed by atoms with van der Waals surface area (Å²) in [5.74, 6) is -0.463. The van der Waals surface area contributed by atoms with Crippen molar-refractivity contribution in [2.45, 2.75) is 0 Å². The molecule has 2 N–H and O–H groups in total. The number of amides is 2. The molecule has 0 bridgehead atoms. The van der Waals surface area contributed by atoms with Crippen molar-refractivity contribution in [2.24, 2.45) is 0 Å². The zero-order valence-corrected chi connectivity index (χ0v) is 18.8. The van der Waals surface area contributed by atoms with Crippen molar-refractivity contribution in [1.82, 2.24) is 9.97 Å². The molecule has 5 aromatic rings. The number of rotatable bonds is 6. The summed E-state index contributed by atoms with van der Waals surface area (Å²) in [6.07, 6.45) is 1.57. The van der Waals surface area contributed by atoms with Crippen LogP contribution in [0, 0.1) is 5.82 Å².